The molecule has 0 radical (unpaired) electrons. The molecule has 0 unspecified atom stereocenters. The summed E-state index contributed by atoms with van der Waals surface area (Å²) in [7, 11) is 0. The summed E-state index contributed by atoms with van der Waals surface area (Å²) in [5.41, 5.74) is 0.540. The molecule has 1 heterocycles. The number of carbonyl (C=O) groups is 1. The Balaban J connectivity index is 1.92. The van der Waals surface area contributed by atoms with Crippen molar-refractivity contribution in [2.45, 2.75) is 31.1 Å². The molecule has 0 saturated heterocycles. The predicted octanol–water partition coefficient (Wildman–Crippen LogP) is 3.98. The quantitative estimate of drug-likeness (QED) is 0.864. The molecule has 118 valence electrons. The molecule has 0 atom stereocenters. The standard InChI is InChI=1S/C15H16F2N2O2S/c1-15(2,3)12-7-14(21-19-12)18-13(20)8-22-11-5-4-9(16)6-10(11)17/h4-7H,8H2,1-3H3,(H,18,20). The second-order valence-corrected chi connectivity index (χ2v) is 6.76. The Kier molecular flexibility index (Phi) is 4.85. The van der Waals surface area contributed by atoms with E-state index in [1.165, 1.54) is 6.07 Å². The Labute approximate surface area is 131 Å². The van der Waals surface area contributed by atoms with Gasteiger partial charge in [0.2, 0.25) is 11.8 Å². The molecule has 2 rings (SSSR count). The van der Waals surface area contributed by atoms with E-state index < -0.39 is 11.6 Å². The van der Waals surface area contributed by atoms with Gasteiger partial charge in [0.15, 0.2) is 0 Å². The van der Waals surface area contributed by atoms with E-state index in [1.807, 2.05) is 20.8 Å². The van der Waals surface area contributed by atoms with Crippen LogP contribution in [0.4, 0.5) is 14.7 Å². The Hall–Kier alpha value is -1.89. The van der Waals surface area contributed by atoms with Crippen molar-refractivity contribution < 1.29 is 18.1 Å². The van der Waals surface area contributed by atoms with Crippen LogP contribution in [0, 0.1) is 11.6 Å². The number of anilines is 1. The van der Waals surface area contributed by atoms with Crippen LogP contribution >= 0.6 is 11.8 Å². The summed E-state index contributed by atoms with van der Waals surface area (Å²) < 4.78 is 31.3. The third-order valence-corrected chi connectivity index (χ3v) is 3.84. The van der Waals surface area contributed by atoms with Crippen molar-refractivity contribution in [3.05, 3.63) is 41.6 Å². The van der Waals surface area contributed by atoms with Crippen molar-refractivity contribution in [1.82, 2.24) is 5.16 Å². The van der Waals surface area contributed by atoms with Gasteiger partial charge in [0.05, 0.1) is 11.4 Å². The Bertz CT molecular complexity index is 680. The Morgan fingerprint density at radius 2 is 2.05 bits per heavy atom. The predicted molar refractivity (Wildman–Crippen MR) is 80.9 cm³/mol. The molecule has 2 aromatic rings. The number of hydrogen-bond acceptors (Lipinski definition) is 4. The van der Waals surface area contributed by atoms with Crippen LogP contribution in [0.3, 0.4) is 0 Å². The average molecular weight is 326 g/mol. The molecule has 4 nitrogen and oxygen atoms in total. The van der Waals surface area contributed by atoms with E-state index in [0.717, 1.165) is 29.6 Å². The SMILES string of the molecule is CC(C)(C)c1cc(NC(=O)CSc2ccc(F)cc2F)on1. The van der Waals surface area contributed by atoms with Crippen molar-refractivity contribution >= 4 is 23.6 Å². The minimum atomic E-state index is -0.688. The molecule has 1 amide bonds. The van der Waals surface area contributed by atoms with Crippen LogP contribution in [0.2, 0.25) is 0 Å². The fourth-order valence-electron chi connectivity index (χ4n) is 1.60. The van der Waals surface area contributed by atoms with E-state index in [9.17, 15) is 13.6 Å². The largest absolute Gasteiger partial charge is 0.338 e. The van der Waals surface area contributed by atoms with Gasteiger partial charge in [-0.1, -0.05) is 25.9 Å². The van der Waals surface area contributed by atoms with Crippen LogP contribution in [-0.2, 0) is 10.2 Å². The summed E-state index contributed by atoms with van der Waals surface area (Å²) in [5, 5.41) is 6.43. The molecule has 0 aliphatic rings. The molecule has 1 N–H and O–H groups in total. The first-order valence-corrected chi connectivity index (χ1v) is 7.59. The zero-order chi connectivity index (χ0) is 16.3. The van der Waals surface area contributed by atoms with Gasteiger partial charge in [0.25, 0.3) is 0 Å². The highest BCUT2D eigenvalue weighted by Crippen LogP contribution is 2.25. The van der Waals surface area contributed by atoms with Crippen LogP contribution in [0.15, 0.2) is 33.7 Å². The normalized spacial score (nSPS) is 11.5. The van der Waals surface area contributed by atoms with Gasteiger partial charge in [-0.2, -0.15) is 0 Å². The van der Waals surface area contributed by atoms with Crippen LogP contribution in [0.25, 0.3) is 0 Å². The molecule has 0 fully saturated rings. The molecule has 0 saturated carbocycles. The lowest BCUT2D eigenvalue weighted by Gasteiger charge is -2.12. The number of aromatic nitrogens is 1. The molecule has 0 bridgehead atoms. The lowest BCUT2D eigenvalue weighted by atomic mass is 9.92. The van der Waals surface area contributed by atoms with Gasteiger partial charge < -0.3 is 4.52 Å². The molecule has 7 heteroatoms. The van der Waals surface area contributed by atoms with Gasteiger partial charge in [-0.25, -0.2) is 8.78 Å². The fraction of sp³-hybridized carbons (Fsp3) is 0.333. The number of halogens is 2. The maximum absolute atomic E-state index is 13.4. The van der Waals surface area contributed by atoms with Crippen LogP contribution in [0.1, 0.15) is 26.5 Å². The molecule has 1 aromatic carbocycles. The van der Waals surface area contributed by atoms with Crippen molar-refractivity contribution in [1.29, 1.82) is 0 Å². The lowest BCUT2D eigenvalue weighted by Crippen LogP contribution is -2.14. The zero-order valence-electron chi connectivity index (χ0n) is 12.4. The summed E-state index contributed by atoms with van der Waals surface area (Å²) in [6.07, 6.45) is 0. The highest BCUT2D eigenvalue weighted by Gasteiger charge is 2.19. The fourth-order valence-corrected chi connectivity index (χ4v) is 2.32. The van der Waals surface area contributed by atoms with Gasteiger partial charge in [-0.05, 0) is 12.1 Å². The van der Waals surface area contributed by atoms with Crippen LogP contribution < -0.4 is 5.32 Å². The number of rotatable bonds is 4. The van der Waals surface area contributed by atoms with Gasteiger partial charge in [-0.15, -0.1) is 11.8 Å². The van der Waals surface area contributed by atoms with Gasteiger partial charge in [0.1, 0.15) is 11.6 Å². The average Bonchev–Trinajstić information content (AvgIpc) is 2.86. The number of amides is 1. The number of nitrogens with one attached hydrogen (secondary N) is 1. The summed E-state index contributed by atoms with van der Waals surface area (Å²) in [4.78, 5) is 12.0. The minimum Gasteiger partial charge on any atom is -0.338 e. The number of thioether (sulfide) groups is 1. The summed E-state index contributed by atoms with van der Waals surface area (Å²) in [5.74, 6) is -1.47. The molecule has 22 heavy (non-hydrogen) atoms. The van der Waals surface area contributed by atoms with Crippen molar-refractivity contribution in [3.8, 4) is 0 Å². The molecular weight excluding hydrogens is 310 g/mol. The van der Waals surface area contributed by atoms with Gasteiger partial charge >= 0.3 is 0 Å². The van der Waals surface area contributed by atoms with E-state index in [1.54, 1.807) is 6.07 Å². The molecule has 0 aliphatic carbocycles. The zero-order valence-corrected chi connectivity index (χ0v) is 13.3. The number of carbonyl (C=O) groups excluding carboxylic acids is 1. The van der Waals surface area contributed by atoms with Crippen LogP contribution in [-0.4, -0.2) is 16.8 Å². The first-order valence-electron chi connectivity index (χ1n) is 6.60. The van der Waals surface area contributed by atoms with E-state index in [-0.39, 0.29) is 27.9 Å². The smallest absolute Gasteiger partial charge is 0.237 e. The number of benzene rings is 1. The summed E-state index contributed by atoms with van der Waals surface area (Å²) in [6, 6.07) is 4.89. The van der Waals surface area contributed by atoms with Gasteiger partial charge in [-0.3, -0.25) is 10.1 Å². The van der Waals surface area contributed by atoms with Gasteiger partial charge in [0, 0.05) is 22.4 Å². The molecule has 1 aromatic heterocycles. The molecule has 0 aliphatic heterocycles. The lowest BCUT2D eigenvalue weighted by molar-refractivity contribution is -0.113. The third-order valence-electron chi connectivity index (χ3n) is 2.79. The highest BCUT2D eigenvalue weighted by molar-refractivity contribution is 8.00. The topological polar surface area (TPSA) is 55.1 Å². The number of hydrogen-bond donors (Lipinski definition) is 1. The van der Waals surface area contributed by atoms with Crippen LogP contribution in [0.5, 0.6) is 0 Å². The third kappa shape index (κ3) is 4.30. The first kappa shape index (κ1) is 16.5. The van der Waals surface area contributed by atoms with E-state index in [2.05, 4.69) is 10.5 Å². The maximum Gasteiger partial charge on any atom is 0.237 e. The van der Waals surface area contributed by atoms with Crippen molar-refractivity contribution in [2.75, 3.05) is 11.1 Å². The Morgan fingerprint density at radius 1 is 1.32 bits per heavy atom. The number of nitrogens with zero attached hydrogens (tertiary/aromatic N) is 1. The van der Waals surface area contributed by atoms with E-state index >= 15 is 0 Å². The monoisotopic (exact) mass is 326 g/mol. The Morgan fingerprint density at radius 3 is 2.64 bits per heavy atom. The maximum atomic E-state index is 13.4. The molecular formula is C15H16F2N2O2S. The van der Waals surface area contributed by atoms with E-state index in [4.69, 9.17) is 4.52 Å². The minimum absolute atomic E-state index is 0.0197. The van der Waals surface area contributed by atoms with Crippen molar-refractivity contribution in [3.63, 3.8) is 0 Å². The highest BCUT2D eigenvalue weighted by atomic mass is 32.2. The summed E-state index contributed by atoms with van der Waals surface area (Å²) in [6.45, 7) is 5.93. The summed E-state index contributed by atoms with van der Waals surface area (Å²) >= 11 is 0.980. The van der Waals surface area contributed by atoms with Crippen molar-refractivity contribution in [2.24, 2.45) is 0 Å². The molecule has 0 spiro atoms. The first-order chi connectivity index (χ1) is 10.3. The van der Waals surface area contributed by atoms with E-state index in [0.29, 0.717) is 0 Å². The second kappa shape index (κ2) is 6.48. The second-order valence-electron chi connectivity index (χ2n) is 5.74.